The van der Waals surface area contributed by atoms with Crippen molar-refractivity contribution < 1.29 is 12.8 Å². The van der Waals surface area contributed by atoms with Crippen molar-refractivity contribution in [3.63, 3.8) is 0 Å². The van der Waals surface area contributed by atoms with E-state index < -0.39 is 15.2 Å². The number of rotatable bonds is 3. The molecule has 1 aliphatic rings. The Morgan fingerprint density at radius 3 is 2.89 bits per heavy atom. The molecular formula is C12H15BrFNO2S2. The van der Waals surface area contributed by atoms with Gasteiger partial charge in [-0.2, -0.15) is 11.8 Å². The molecule has 0 amide bonds. The van der Waals surface area contributed by atoms with E-state index in [0.29, 0.717) is 16.8 Å². The molecule has 1 aromatic carbocycles. The maximum absolute atomic E-state index is 13.0. The monoisotopic (exact) mass is 367 g/mol. The van der Waals surface area contributed by atoms with Gasteiger partial charge in [-0.05, 0) is 17.7 Å². The number of halogens is 2. The Labute approximate surface area is 125 Å². The zero-order valence-electron chi connectivity index (χ0n) is 10.5. The molecule has 19 heavy (non-hydrogen) atoms. The fraction of sp³-hybridized carbons (Fsp3) is 0.500. The van der Waals surface area contributed by atoms with Crippen LogP contribution in [0.2, 0.25) is 0 Å². The maximum atomic E-state index is 13.0. The van der Waals surface area contributed by atoms with E-state index in [9.17, 15) is 12.8 Å². The Kier molecular flexibility index (Phi) is 4.92. The highest BCUT2D eigenvalue weighted by Crippen LogP contribution is 2.25. The van der Waals surface area contributed by atoms with Crippen molar-refractivity contribution in [1.82, 2.24) is 4.90 Å². The van der Waals surface area contributed by atoms with E-state index in [1.165, 1.54) is 18.4 Å². The first-order valence-corrected chi connectivity index (χ1v) is 9.73. The van der Waals surface area contributed by atoms with Gasteiger partial charge in [0.25, 0.3) is 0 Å². The van der Waals surface area contributed by atoms with Gasteiger partial charge in [-0.1, -0.05) is 22.0 Å². The first-order valence-electron chi connectivity index (χ1n) is 5.82. The highest BCUT2D eigenvalue weighted by Gasteiger charge is 2.31. The first kappa shape index (κ1) is 15.3. The third-order valence-electron chi connectivity index (χ3n) is 3.07. The molecule has 1 heterocycles. The summed E-state index contributed by atoms with van der Waals surface area (Å²) in [6.07, 6.45) is 1.27. The van der Waals surface area contributed by atoms with Gasteiger partial charge in [-0.15, -0.1) is 0 Å². The normalized spacial score (nSPS) is 21.5. The standard InChI is InChI=1S/C12H15BrFNO2S2/c1-19(16,17)12-8-18-5-4-15(12)7-9-2-3-10(14)6-11(9)13/h2-3,6,12H,4-5,7-8H2,1H3. The summed E-state index contributed by atoms with van der Waals surface area (Å²) in [4.78, 5) is 1.95. The smallest absolute Gasteiger partial charge is 0.164 e. The molecule has 0 spiro atoms. The molecule has 7 heteroatoms. The lowest BCUT2D eigenvalue weighted by atomic mass is 10.2. The van der Waals surface area contributed by atoms with Crippen molar-refractivity contribution in [2.24, 2.45) is 0 Å². The molecule has 1 saturated heterocycles. The van der Waals surface area contributed by atoms with E-state index in [1.54, 1.807) is 17.8 Å². The van der Waals surface area contributed by atoms with Crippen molar-refractivity contribution in [1.29, 1.82) is 0 Å². The summed E-state index contributed by atoms with van der Waals surface area (Å²) in [5.41, 5.74) is 0.905. The number of benzene rings is 1. The minimum atomic E-state index is -3.10. The maximum Gasteiger partial charge on any atom is 0.164 e. The van der Waals surface area contributed by atoms with Crippen molar-refractivity contribution in [3.05, 3.63) is 34.1 Å². The molecular weight excluding hydrogens is 353 g/mol. The zero-order valence-corrected chi connectivity index (χ0v) is 13.7. The van der Waals surface area contributed by atoms with Gasteiger partial charge < -0.3 is 0 Å². The largest absolute Gasteiger partial charge is 0.281 e. The van der Waals surface area contributed by atoms with E-state index in [1.807, 2.05) is 4.90 Å². The average Bonchev–Trinajstić information content (AvgIpc) is 2.32. The van der Waals surface area contributed by atoms with Crippen molar-refractivity contribution in [3.8, 4) is 0 Å². The van der Waals surface area contributed by atoms with E-state index in [-0.39, 0.29) is 5.82 Å². The summed E-state index contributed by atoms with van der Waals surface area (Å²) in [5, 5.41) is -0.455. The van der Waals surface area contributed by atoms with E-state index in [4.69, 9.17) is 0 Å². The number of thioether (sulfide) groups is 1. The van der Waals surface area contributed by atoms with Gasteiger partial charge in [0.05, 0.1) is 0 Å². The molecule has 1 atom stereocenters. The lowest BCUT2D eigenvalue weighted by molar-refractivity contribution is 0.261. The Bertz CT molecular complexity index is 565. The number of sulfone groups is 1. The summed E-state index contributed by atoms with van der Waals surface area (Å²) >= 11 is 4.98. The van der Waals surface area contributed by atoms with Crippen LogP contribution in [0.25, 0.3) is 0 Å². The molecule has 106 valence electrons. The molecule has 1 fully saturated rings. The second-order valence-electron chi connectivity index (χ2n) is 4.57. The quantitative estimate of drug-likeness (QED) is 0.822. The molecule has 0 aromatic heterocycles. The Morgan fingerprint density at radius 1 is 1.53 bits per heavy atom. The van der Waals surface area contributed by atoms with Crippen molar-refractivity contribution >= 4 is 37.5 Å². The van der Waals surface area contributed by atoms with Crippen LogP contribution in [0.1, 0.15) is 5.56 Å². The third-order valence-corrected chi connectivity index (χ3v) is 6.50. The second kappa shape index (κ2) is 6.11. The molecule has 0 aliphatic carbocycles. The summed E-state index contributed by atoms with van der Waals surface area (Å²) in [7, 11) is -3.10. The van der Waals surface area contributed by atoms with Gasteiger partial charge in [0.1, 0.15) is 11.2 Å². The van der Waals surface area contributed by atoms with Crippen LogP contribution in [0.15, 0.2) is 22.7 Å². The fourth-order valence-corrected chi connectivity index (χ4v) is 5.48. The third kappa shape index (κ3) is 3.93. The highest BCUT2D eigenvalue weighted by molar-refractivity contribution is 9.10. The van der Waals surface area contributed by atoms with Crippen LogP contribution in [-0.2, 0) is 16.4 Å². The van der Waals surface area contributed by atoms with Crippen molar-refractivity contribution in [2.75, 3.05) is 24.3 Å². The Hall–Kier alpha value is -0.110. The van der Waals surface area contributed by atoms with Crippen LogP contribution in [0, 0.1) is 5.82 Å². The fourth-order valence-electron chi connectivity index (χ4n) is 2.06. The van der Waals surface area contributed by atoms with Crippen LogP contribution in [0.5, 0.6) is 0 Å². The SMILES string of the molecule is CS(=O)(=O)C1CSCCN1Cc1ccc(F)cc1Br. The molecule has 0 N–H and O–H groups in total. The van der Waals surface area contributed by atoms with Gasteiger partial charge in [0.2, 0.25) is 0 Å². The lowest BCUT2D eigenvalue weighted by Crippen LogP contribution is -2.46. The number of hydrogen-bond acceptors (Lipinski definition) is 4. The highest BCUT2D eigenvalue weighted by atomic mass is 79.9. The van der Waals surface area contributed by atoms with Crippen LogP contribution >= 0.6 is 27.7 Å². The second-order valence-corrected chi connectivity index (χ2v) is 8.77. The molecule has 1 aliphatic heterocycles. The number of hydrogen-bond donors (Lipinski definition) is 0. The van der Waals surface area contributed by atoms with Crippen LogP contribution in [0.3, 0.4) is 0 Å². The molecule has 0 radical (unpaired) electrons. The zero-order chi connectivity index (χ0) is 14.0. The Balaban J connectivity index is 2.20. The predicted octanol–water partition coefficient (Wildman–Crippen LogP) is 2.51. The van der Waals surface area contributed by atoms with Gasteiger partial charge in [0, 0.05) is 35.3 Å². The van der Waals surface area contributed by atoms with Gasteiger partial charge in [0.15, 0.2) is 9.84 Å². The van der Waals surface area contributed by atoms with Crippen LogP contribution < -0.4 is 0 Å². The van der Waals surface area contributed by atoms with Crippen molar-refractivity contribution in [2.45, 2.75) is 11.9 Å². The van der Waals surface area contributed by atoms with E-state index in [0.717, 1.165) is 17.9 Å². The summed E-state index contributed by atoms with van der Waals surface area (Å²) < 4.78 is 37.3. The van der Waals surface area contributed by atoms with E-state index >= 15 is 0 Å². The minimum Gasteiger partial charge on any atom is -0.281 e. The number of nitrogens with zero attached hydrogens (tertiary/aromatic N) is 1. The summed E-state index contributed by atoms with van der Waals surface area (Å²) in [6, 6.07) is 4.50. The summed E-state index contributed by atoms with van der Waals surface area (Å²) in [6.45, 7) is 1.24. The average molecular weight is 368 g/mol. The van der Waals surface area contributed by atoms with E-state index in [2.05, 4.69) is 15.9 Å². The first-order chi connectivity index (χ1) is 8.88. The molecule has 2 rings (SSSR count). The lowest BCUT2D eigenvalue weighted by Gasteiger charge is -2.34. The molecule has 1 aromatic rings. The van der Waals surface area contributed by atoms with Gasteiger partial charge in [-0.25, -0.2) is 12.8 Å². The van der Waals surface area contributed by atoms with Gasteiger partial charge in [-0.3, -0.25) is 4.90 Å². The molecule has 1 unspecified atom stereocenters. The molecule has 3 nitrogen and oxygen atoms in total. The van der Waals surface area contributed by atoms with Gasteiger partial charge >= 0.3 is 0 Å². The minimum absolute atomic E-state index is 0.301. The molecule has 0 bridgehead atoms. The topological polar surface area (TPSA) is 37.4 Å². The molecule has 0 saturated carbocycles. The van der Waals surface area contributed by atoms with Crippen LogP contribution in [0.4, 0.5) is 4.39 Å². The Morgan fingerprint density at radius 2 is 2.26 bits per heavy atom. The van der Waals surface area contributed by atoms with Crippen LogP contribution in [-0.4, -0.2) is 43.0 Å². The summed E-state index contributed by atoms with van der Waals surface area (Å²) in [5.74, 6) is 1.21. The predicted molar refractivity (Wildman–Crippen MR) is 80.5 cm³/mol.